The Balaban J connectivity index is 0.000000361. The van der Waals surface area contributed by atoms with Crippen LogP contribution in [0.5, 0.6) is 0 Å². The van der Waals surface area contributed by atoms with Crippen LogP contribution < -0.4 is 0 Å². The molecule has 8 rings (SSSR count). The van der Waals surface area contributed by atoms with Gasteiger partial charge in [-0.2, -0.15) is 0 Å². The average Bonchev–Trinajstić information content (AvgIpc) is 1.39. The maximum Gasteiger partial charge on any atom is 0.327 e. The number of sulfone groups is 4. The summed E-state index contributed by atoms with van der Waals surface area (Å²) < 4.78 is 171. The second-order valence-corrected chi connectivity index (χ2v) is 37.8. The lowest BCUT2D eigenvalue weighted by molar-refractivity contribution is -0.147. The number of carboxylic acid groups (broad SMARTS) is 1. The summed E-state index contributed by atoms with van der Waals surface area (Å²) in [6.45, 7) is 17.0. The lowest BCUT2D eigenvalue weighted by atomic mass is 9.96. The molecule has 0 saturated carbocycles. The Morgan fingerprint density at radius 3 is 1.11 bits per heavy atom. The van der Waals surface area contributed by atoms with E-state index in [1.54, 1.807) is 83.1 Å². The molecule has 3 aliphatic heterocycles. The number of rotatable bonds is 24. The van der Waals surface area contributed by atoms with E-state index >= 15 is 0 Å². The van der Waals surface area contributed by atoms with Gasteiger partial charge in [-0.3, -0.25) is 24.0 Å². The lowest BCUT2D eigenvalue weighted by Crippen LogP contribution is -2.47. The van der Waals surface area contributed by atoms with Crippen molar-refractivity contribution in [3.8, 4) is 23.7 Å². The number of allylic oxidation sites excluding steroid dienone is 1. The quantitative estimate of drug-likeness (QED) is 0.00667. The molecule has 5 aromatic carbocycles. The second-order valence-electron chi connectivity index (χ2n) is 25.5. The van der Waals surface area contributed by atoms with E-state index in [4.69, 9.17) is 33.9 Å². The zero-order valence-electron chi connectivity index (χ0n) is 63.0. The van der Waals surface area contributed by atoms with Gasteiger partial charge in [0, 0.05) is 85.8 Å². The van der Waals surface area contributed by atoms with Gasteiger partial charge < -0.3 is 39.0 Å². The van der Waals surface area contributed by atoms with Crippen molar-refractivity contribution in [2.75, 3.05) is 44.8 Å². The van der Waals surface area contributed by atoms with Crippen molar-refractivity contribution in [2.24, 2.45) is 20.6 Å². The lowest BCUT2D eigenvalue weighted by Gasteiger charge is -2.27. The van der Waals surface area contributed by atoms with Gasteiger partial charge in [0.15, 0.2) is 58.3 Å². The molecule has 0 bridgehead atoms. The molecular weight excluding hydrogens is 1760 g/mol. The van der Waals surface area contributed by atoms with Crippen LogP contribution in [0.4, 0.5) is 22.0 Å². The minimum absolute atomic E-state index is 0.0602. The molecule has 25 nitrogen and oxygen atoms in total. The standard InChI is InChI=1S/C19H22FNO5S.C17H18FNO5S.C16H19BrFNO5S.C9H16O4S.C7H5BrFNO.C7H4BrFO/c1-5-7-13-8-9-14(10-16(13)20)17-11-15(26-21-17)12-19(3,27(4,23)24)18(22)25-6-2;1-4-5-11-6-7-12(8-14(11)18)15-9-13(24-19-15)10-17(2,16(20)21)25(3,22)23;1-4-23-15(20)16(2,25(3,21)22)9-11-8-14(19-24-11)10-5-6-12(17)13(18)7-10;1-5-7-9(3,14(4,11)12)8(10)13-6-2;8-6-2-1-5(4-10-11)3-7(6)9;8-6-2-1-5(4-10)3-7(6)9/h8-10,15H,6,11-12H2,1-4H3;6-8,13H,9-10H2,1-3H3,(H,20,21);5-7,11H,4,8-9H2,1-3H3;5H,1,6-7H2,2-4H3;1-4,11H;1-4H/b;;;;10-4+;. The summed E-state index contributed by atoms with van der Waals surface area (Å²) in [5.74, 6) is 4.56. The first-order valence-electron chi connectivity index (χ1n) is 33.3. The Kier molecular flexibility index (Phi) is 37.4. The summed E-state index contributed by atoms with van der Waals surface area (Å²) in [4.78, 5) is 73.2. The Labute approximate surface area is 673 Å². The first kappa shape index (κ1) is 97.5. The highest BCUT2D eigenvalue weighted by molar-refractivity contribution is 9.11. The molecule has 0 radical (unpaired) electrons. The third kappa shape index (κ3) is 27.0. The molecule has 0 aliphatic carbocycles. The monoisotopic (exact) mass is 1840 g/mol. The number of carbonyl (C=O) groups excluding carboxylic acids is 4. The zero-order chi connectivity index (χ0) is 85.1. The molecule has 0 aromatic heterocycles. The molecular formula is C75H84Br3F5N4O21S4. The molecule has 0 spiro atoms. The Hall–Kier alpha value is -8.72. The molecule has 610 valence electrons. The van der Waals surface area contributed by atoms with E-state index in [1.807, 2.05) is 0 Å². The Bertz CT molecular complexity index is 5030. The normalized spacial score (nSPS) is 17.0. The van der Waals surface area contributed by atoms with Crippen molar-refractivity contribution >= 4 is 141 Å². The number of oxime groups is 4. The first-order chi connectivity index (χ1) is 52.0. The second kappa shape index (κ2) is 43.0. The molecule has 112 heavy (non-hydrogen) atoms. The van der Waals surface area contributed by atoms with Gasteiger partial charge in [-0.15, -0.1) is 18.4 Å². The minimum Gasteiger partial charge on any atom is -0.480 e. The molecule has 3 heterocycles. The topological polar surface area (TPSA) is 367 Å². The molecule has 2 N–H and O–H groups in total. The molecule has 3 aliphatic rings. The first-order valence-corrected chi connectivity index (χ1v) is 43.3. The van der Waals surface area contributed by atoms with Crippen molar-refractivity contribution in [3.63, 3.8) is 0 Å². The number of aliphatic carboxylic acids is 1. The predicted octanol–water partition coefficient (Wildman–Crippen LogP) is 13.0. The van der Waals surface area contributed by atoms with Crippen LogP contribution in [0, 0.1) is 52.8 Å². The number of carboxylic acids is 1. The van der Waals surface area contributed by atoms with Crippen LogP contribution in [0.25, 0.3) is 0 Å². The van der Waals surface area contributed by atoms with Crippen LogP contribution in [0.15, 0.2) is 138 Å². The molecule has 0 saturated heterocycles. The van der Waals surface area contributed by atoms with Crippen LogP contribution in [0.2, 0.25) is 0 Å². The summed E-state index contributed by atoms with van der Waals surface area (Å²) in [7, 11) is -14.8. The minimum atomic E-state index is -3.86. The van der Waals surface area contributed by atoms with Crippen molar-refractivity contribution in [2.45, 2.75) is 145 Å². The third-order valence-corrected chi connectivity index (χ3v) is 26.9. The third-order valence-electron chi connectivity index (χ3n) is 17.0. The fourth-order valence-electron chi connectivity index (χ4n) is 9.89. The highest BCUT2D eigenvalue weighted by atomic mass is 79.9. The van der Waals surface area contributed by atoms with Gasteiger partial charge in [-0.05, 0) is 183 Å². The zero-order valence-corrected chi connectivity index (χ0v) is 71.0. The Morgan fingerprint density at radius 1 is 0.518 bits per heavy atom. The average molecular weight is 1840 g/mol. The van der Waals surface area contributed by atoms with Gasteiger partial charge in [0.25, 0.3) is 0 Å². The highest BCUT2D eigenvalue weighted by Gasteiger charge is 2.51. The molecule has 5 aromatic rings. The molecule has 37 heteroatoms. The summed E-state index contributed by atoms with van der Waals surface area (Å²) in [5, 5.41) is 31.9. The van der Waals surface area contributed by atoms with Gasteiger partial charge in [0.05, 0.1) is 67.7 Å². The van der Waals surface area contributed by atoms with Crippen LogP contribution in [0.1, 0.15) is 151 Å². The molecule has 0 amide bonds. The largest absolute Gasteiger partial charge is 0.480 e. The van der Waals surface area contributed by atoms with E-state index in [-0.39, 0.29) is 81.7 Å². The summed E-state index contributed by atoms with van der Waals surface area (Å²) in [6, 6.07) is 22.2. The van der Waals surface area contributed by atoms with Gasteiger partial charge in [-0.1, -0.05) is 68.9 Å². The van der Waals surface area contributed by atoms with E-state index in [9.17, 15) is 84.7 Å². The van der Waals surface area contributed by atoms with E-state index < -0.39 is 124 Å². The number of hydrogen-bond acceptors (Lipinski definition) is 24. The SMILES string of the molecule is C=CCC(C)(C(=O)OCC)S(C)(=O)=O.CC#Cc1ccc(C2=NOC(CC(C)(C(=O)O)S(C)(=O)=O)C2)cc1F.CC#Cc1ccc(C2=NOC(CC(C)(C(=O)OCC)S(C)(=O)=O)C2)cc1F.CCOC(=O)C(C)(CC1CC(c2ccc(Br)c(F)c2)=NO1)S(C)(=O)=O.O/N=C/c1ccc(Br)c(F)c1.O=Cc1ccc(Br)c(F)c1. The fraction of sp³-hybridized carbons (Fsp3) is 0.400. The number of aldehydes is 1. The number of benzene rings is 5. The van der Waals surface area contributed by atoms with Gasteiger partial charge in [-0.25, -0.2) is 55.6 Å². The predicted molar refractivity (Wildman–Crippen MR) is 422 cm³/mol. The number of halogens is 8. The Morgan fingerprint density at radius 2 is 0.821 bits per heavy atom. The van der Waals surface area contributed by atoms with Crippen LogP contribution in [-0.2, 0) is 87.3 Å². The summed E-state index contributed by atoms with van der Waals surface area (Å²) in [5.41, 5.74) is 4.37. The van der Waals surface area contributed by atoms with E-state index in [0.29, 0.717) is 64.7 Å². The highest BCUT2D eigenvalue weighted by Crippen LogP contribution is 2.35. The van der Waals surface area contributed by atoms with Crippen molar-refractivity contribution in [1.29, 1.82) is 0 Å². The smallest absolute Gasteiger partial charge is 0.327 e. The number of ether oxygens (including phenoxy) is 3. The van der Waals surface area contributed by atoms with E-state index in [1.165, 1.54) is 69.3 Å². The van der Waals surface area contributed by atoms with E-state index in [2.05, 4.69) is 98.7 Å². The van der Waals surface area contributed by atoms with Gasteiger partial charge >= 0.3 is 23.9 Å². The molecule has 0 fully saturated rings. The number of esters is 3. The molecule has 7 atom stereocenters. The maximum absolute atomic E-state index is 14.1. The number of hydrogen-bond donors (Lipinski definition) is 2. The molecule has 7 unspecified atom stereocenters. The summed E-state index contributed by atoms with van der Waals surface area (Å²) >= 11 is 9.04. The number of carbonyl (C=O) groups is 5. The van der Waals surface area contributed by atoms with Gasteiger partial charge in [0.1, 0.15) is 53.7 Å². The number of nitrogens with zero attached hydrogens (tertiary/aromatic N) is 4. The summed E-state index contributed by atoms with van der Waals surface area (Å²) in [6.07, 6.45) is 5.38. The maximum atomic E-state index is 14.1. The van der Waals surface area contributed by atoms with Crippen molar-refractivity contribution in [1.82, 2.24) is 0 Å². The van der Waals surface area contributed by atoms with Gasteiger partial charge in [0.2, 0.25) is 0 Å². The van der Waals surface area contributed by atoms with Crippen LogP contribution in [-0.4, -0.2) is 180 Å². The fourth-order valence-corrected chi connectivity index (χ4v) is 13.9. The van der Waals surface area contributed by atoms with Crippen molar-refractivity contribution < 1.29 is 119 Å². The van der Waals surface area contributed by atoms with E-state index in [0.717, 1.165) is 38.2 Å². The van der Waals surface area contributed by atoms with Crippen LogP contribution >= 0.6 is 47.8 Å². The van der Waals surface area contributed by atoms with Crippen LogP contribution in [0.3, 0.4) is 0 Å². The van der Waals surface area contributed by atoms with Crippen molar-refractivity contribution in [3.05, 3.63) is 185 Å².